The molecule has 1 N–H and O–H groups in total. The molecule has 1 aromatic carbocycles. The van der Waals surface area contributed by atoms with Gasteiger partial charge in [0.1, 0.15) is 5.60 Å². The number of carbonyl (C=O) groups excluding carboxylic acids is 1. The molecule has 4 nitrogen and oxygen atoms in total. The number of ether oxygens (including phenoxy) is 1. The first kappa shape index (κ1) is 19.5. The van der Waals surface area contributed by atoms with Gasteiger partial charge in [-0.3, -0.25) is 0 Å². The molecule has 1 aromatic rings. The van der Waals surface area contributed by atoms with Gasteiger partial charge in [-0.2, -0.15) is 0 Å². The molecule has 1 rings (SSSR count). The average molecular weight is 320 g/mol. The summed E-state index contributed by atoms with van der Waals surface area (Å²) in [5, 5.41) is 3.49. The van der Waals surface area contributed by atoms with Crippen LogP contribution in [0.4, 0.5) is 4.79 Å². The second-order valence-electron chi connectivity index (χ2n) is 7.01. The normalized spacial score (nSPS) is 12.7. The van der Waals surface area contributed by atoms with Crippen molar-refractivity contribution in [1.82, 2.24) is 10.2 Å². The molecule has 0 fully saturated rings. The lowest BCUT2D eigenvalue weighted by Gasteiger charge is -2.27. The van der Waals surface area contributed by atoms with Crippen LogP contribution in [0.25, 0.3) is 0 Å². The molecule has 0 aromatic heterocycles. The molecule has 130 valence electrons. The summed E-state index contributed by atoms with van der Waals surface area (Å²) < 4.78 is 5.46. The van der Waals surface area contributed by atoms with Crippen LogP contribution >= 0.6 is 0 Å². The first-order chi connectivity index (χ1) is 10.8. The molecule has 1 amide bonds. The van der Waals surface area contributed by atoms with E-state index in [9.17, 15) is 4.79 Å². The Bertz CT molecular complexity index is 454. The Morgan fingerprint density at radius 3 is 2.43 bits per heavy atom. The van der Waals surface area contributed by atoms with Crippen molar-refractivity contribution in [1.29, 1.82) is 0 Å². The number of amides is 1. The summed E-state index contributed by atoms with van der Waals surface area (Å²) in [6, 6.07) is 10.8. The zero-order valence-corrected chi connectivity index (χ0v) is 15.3. The van der Waals surface area contributed by atoms with E-state index in [-0.39, 0.29) is 6.09 Å². The first-order valence-corrected chi connectivity index (χ1v) is 8.57. The lowest BCUT2D eigenvalue weighted by molar-refractivity contribution is 0.0251. The van der Waals surface area contributed by atoms with E-state index in [1.54, 1.807) is 4.90 Å². The van der Waals surface area contributed by atoms with E-state index >= 15 is 0 Å². The minimum absolute atomic E-state index is 0.225. The Balaban J connectivity index is 2.38. The van der Waals surface area contributed by atoms with Gasteiger partial charge in [-0.05, 0) is 46.1 Å². The van der Waals surface area contributed by atoms with Crippen molar-refractivity contribution < 1.29 is 9.53 Å². The number of rotatable bonds is 8. The minimum Gasteiger partial charge on any atom is -0.444 e. The van der Waals surface area contributed by atoms with Crippen molar-refractivity contribution in [3.63, 3.8) is 0 Å². The van der Waals surface area contributed by atoms with Crippen LogP contribution in [0, 0.1) is 0 Å². The number of hydrogen-bond donors (Lipinski definition) is 1. The predicted octanol–water partition coefficient (Wildman–Crippen LogP) is 3.85. The van der Waals surface area contributed by atoms with Crippen molar-refractivity contribution >= 4 is 6.09 Å². The summed E-state index contributed by atoms with van der Waals surface area (Å²) >= 11 is 0. The summed E-state index contributed by atoms with van der Waals surface area (Å²) in [5.41, 5.74) is 0.877. The Kier molecular flexibility index (Phi) is 8.10. The van der Waals surface area contributed by atoms with Crippen LogP contribution in [0.15, 0.2) is 30.3 Å². The summed E-state index contributed by atoms with van der Waals surface area (Å²) in [4.78, 5) is 14.0. The maximum atomic E-state index is 12.2. The van der Waals surface area contributed by atoms with Crippen molar-refractivity contribution in [3.8, 4) is 0 Å². The monoisotopic (exact) mass is 320 g/mol. The van der Waals surface area contributed by atoms with E-state index in [0.29, 0.717) is 12.6 Å². The second kappa shape index (κ2) is 9.56. The fourth-order valence-corrected chi connectivity index (χ4v) is 2.38. The van der Waals surface area contributed by atoms with Gasteiger partial charge in [0, 0.05) is 25.7 Å². The minimum atomic E-state index is -0.447. The van der Waals surface area contributed by atoms with E-state index < -0.39 is 5.60 Å². The molecule has 1 atom stereocenters. The van der Waals surface area contributed by atoms with Gasteiger partial charge in [-0.1, -0.05) is 37.3 Å². The average Bonchev–Trinajstić information content (AvgIpc) is 2.45. The van der Waals surface area contributed by atoms with Gasteiger partial charge < -0.3 is 15.0 Å². The highest BCUT2D eigenvalue weighted by Gasteiger charge is 2.21. The van der Waals surface area contributed by atoms with E-state index in [1.807, 2.05) is 26.8 Å². The Labute approximate surface area is 141 Å². The summed E-state index contributed by atoms with van der Waals surface area (Å²) in [7, 11) is 0. The first-order valence-electron chi connectivity index (χ1n) is 8.57. The number of hydrogen-bond acceptors (Lipinski definition) is 3. The zero-order valence-electron chi connectivity index (χ0n) is 15.3. The summed E-state index contributed by atoms with van der Waals surface area (Å²) in [6.45, 7) is 12.1. The highest BCUT2D eigenvalue weighted by molar-refractivity contribution is 5.68. The van der Waals surface area contributed by atoms with Gasteiger partial charge in [0.25, 0.3) is 0 Å². The van der Waals surface area contributed by atoms with Crippen molar-refractivity contribution in [2.75, 3.05) is 19.6 Å². The molecule has 0 spiro atoms. The number of carbonyl (C=O) groups is 1. The maximum Gasteiger partial charge on any atom is 0.410 e. The topological polar surface area (TPSA) is 41.6 Å². The Morgan fingerprint density at radius 1 is 1.22 bits per heavy atom. The molecule has 0 aliphatic rings. The van der Waals surface area contributed by atoms with Crippen LogP contribution < -0.4 is 5.32 Å². The zero-order chi connectivity index (χ0) is 17.3. The lowest BCUT2D eigenvalue weighted by Crippen LogP contribution is -2.42. The molecule has 0 saturated carbocycles. The van der Waals surface area contributed by atoms with Gasteiger partial charge in [0.15, 0.2) is 0 Å². The van der Waals surface area contributed by atoms with Crippen LogP contribution in [0.1, 0.15) is 46.6 Å². The van der Waals surface area contributed by atoms with E-state index in [2.05, 4.69) is 43.4 Å². The quantitative estimate of drug-likeness (QED) is 0.791. The molecule has 0 aliphatic heterocycles. The van der Waals surface area contributed by atoms with Gasteiger partial charge >= 0.3 is 6.09 Å². The van der Waals surface area contributed by atoms with Gasteiger partial charge in [-0.15, -0.1) is 0 Å². The fraction of sp³-hybridized carbons (Fsp3) is 0.632. The lowest BCUT2D eigenvalue weighted by atomic mass is 10.1. The third-order valence-electron chi connectivity index (χ3n) is 3.40. The molecular weight excluding hydrogens is 288 g/mol. The van der Waals surface area contributed by atoms with Crippen molar-refractivity contribution in [2.24, 2.45) is 0 Å². The summed E-state index contributed by atoms with van der Waals surface area (Å²) in [5.74, 6) is 0. The molecule has 0 heterocycles. The second-order valence-corrected chi connectivity index (χ2v) is 7.01. The molecule has 4 heteroatoms. The molecule has 23 heavy (non-hydrogen) atoms. The van der Waals surface area contributed by atoms with Crippen LogP contribution in [0.2, 0.25) is 0 Å². The Hall–Kier alpha value is -1.55. The predicted molar refractivity (Wildman–Crippen MR) is 95.7 cm³/mol. The van der Waals surface area contributed by atoms with Crippen molar-refractivity contribution in [2.45, 2.75) is 59.1 Å². The van der Waals surface area contributed by atoms with E-state index in [4.69, 9.17) is 4.74 Å². The highest BCUT2D eigenvalue weighted by Crippen LogP contribution is 2.10. The van der Waals surface area contributed by atoms with Crippen LogP contribution in [-0.2, 0) is 11.2 Å². The van der Waals surface area contributed by atoms with Crippen LogP contribution in [-0.4, -0.2) is 42.3 Å². The summed E-state index contributed by atoms with van der Waals surface area (Å²) in [6.07, 6.45) is 1.69. The number of nitrogens with zero attached hydrogens (tertiary/aromatic N) is 1. The SMILES string of the molecule is CCCN(CCNC(C)Cc1ccccc1)C(=O)OC(C)(C)C. The van der Waals surface area contributed by atoms with Gasteiger partial charge in [-0.25, -0.2) is 4.79 Å². The smallest absolute Gasteiger partial charge is 0.410 e. The Morgan fingerprint density at radius 2 is 1.87 bits per heavy atom. The maximum absolute atomic E-state index is 12.2. The van der Waals surface area contributed by atoms with E-state index in [0.717, 1.165) is 25.9 Å². The van der Waals surface area contributed by atoms with Gasteiger partial charge in [0.05, 0.1) is 0 Å². The number of nitrogens with one attached hydrogen (secondary N) is 1. The molecular formula is C19H32N2O2. The van der Waals surface area contributed by atoms with E-state index in [1.165, 1.54) is 5.56 Å². The third kappa shape index (κ3) is 8.60. The molecule has 1 unspecified atom stereocenters. The number of benzene rings is 1. The molecule has 0 bridgehead atoms. The van der Waals surface area contributed by atoms with Gasteiger partial charge in [0.2, 0.25) is 0 Å². The molecule has 0 aliphatic carbocycles. The third-order valence-corrected chi connectivity index (χ3v) is 3.40. The van der Waals surface area contributed by atoms with Crippen LogP contribution in [0.5, 0.6) is 0 Å². The standard InChI is InChI=1S/C19H32N2O2/c1-6-13-21(18(22)23-19(3,4)5)14-12-20-16(2)15-17-10-8-7-9-11-17/h7-11,16,20H,6,12-15H2,1-5H3. The van der Waals surface area contributed by atoms with Crippen LogP contribution in [0.3, 0.4) is 0 Å². The highest BCUT2D eigenvalue weighted by atomic mass is 16.6. The largest absolute Gasteiger partial charge is 0.444 e. The fourth-order valence-electron chi connectivity index (χ4n) is 2.38. The molecule has 0 radical (unpaired) electrons. The molecule has 0 saturated heterocycles. The van der Waals surface area contributed by atoms with Crippen molar-refractivity contribution in [3.05, 3.63) is 35.9 Å².